The lowest BCUT2D eigenvalue weighted by molar-refractivity contribution is -0.139. The van der Waals surface area contributed by atoms with Gasteiger partial charge in [0, 0.05) is 18.6 Å². The molecule has 7 nitrogen and oxygen atoms in total. The molecule has 0 bridgehead atoms. The number of carbonyl (C=O) groups is 2. The van der Waals surface area contributed by atoms with Crippen LogP contribution < -0.4 is 10.6 Å². The number of carbonyl (C=O) groups excluding carboxylic acids is 1. The fourth-order valence-electron chi connectivity index (χ4n) is 3.18. The highest BCUT2D eigenvalue weighted by Gasteiger charge is 2.37. The van der Waals surface area contributed by atoms with E-state index >= 15 is 0 Å². The normalized spacial score (nSPS) is 21.6. The highest BCUT2D eigenvalue weighted by atomic mass is 35.5. The molecule has 2 fully saturated rings. The minimum Gasteiger partial charge on any atom is -0.480 e. The molecule has 2 amide bonds. The van der Waals surface area contributed by atoms with E-state index in [1.54, 1.807) is 12.1 Å². The Kier molecular flexibility index (Phi) is 5.64. The standard InChI is InChI=1S/C18H21ClN4O3/c19-15-5-12(8-20)3-4-16(15)22-18(26)21-13-6-14(7-13)23(10-17(24)25)9-11-1-2-11/h3-5,11,13-14H,1-2,6-7,9-10H2,(H,24,25)(H2,21,22,26). The fraction of sp³-hybridized carbons (Fsp3) is 0.500. The van der Waals surface area contributed by atoms with Crippen LogP contribution in [0.4, 0.5) is 10.5 Å². The summed E-state index contributed by atoms with van der Waals surface area (Å²) >= 11 is 6.05. The van der Waals surface area contributed by atoms with E-state index in [1.165, 1.54) is 18.9 Å². The van der Waals surface area contributed by atoms with Crippen LogP contribution in [0.1, 0.15) is 31.2 Å². The number of benzene rings is 1. The maximum absolute atomic E-state index is 12.1. The molecule has 3 rings (SSSR count). The van der Waals surface area contributed by atoms with Gasteiger partial charge in [-0.15, -0.1) is 0 Å². The molecule has 2 aliphatic rings. The summed E-state index contributed by atoms with van der Waals surface area (Å²) in [6, 6.07) is 6.53. The zero-order valence-electron chi connectivity index (χ0n) is 14.2. The molecule has 0 spiro atoms. The van der Waals surface area contributed by atoms with E-state index in [-0.39, 0.29) is 24.7 Å². The Hall–Kier alpha value is -2.30. The number of urea groups is 1. The summed E-state index contributed by atoms with van der Waals surface area (Å²) in [5.74, 6) is -0.182. The first kappa shape index (κ1) is 18.5. The van der Waals surface area contributed by atoms with Crippen LogP contribution in [0, 0.1) is 17.2 Å². The Morgan fingerprint density at radius 3 is 2.65 bits per heavy atom. The molecule has 2 saturated carbocycles. The Bertz CT molecular complexity index is 738. The van der Waals surface area contributed by atoms with Crippen molar-refractivity contribution in [2.75, 3.05) is 18.4 Å². The second-order valence-electron chi connectivity index (χ2n) is 6.99. The van der Waals surface area contributed by atoms with Crippen molar-refractivity contribution in [2.45, 2.75) is 37.8 Å². The average Bonchev–Trinajstić information content (AvgIpc) is 3.35. The zero-order valence-corrected chi connectivity index (χ0v) is 15.0. The highest BCUT2D eigenvalue weighted by molar-refractivity contribution is 6.33. The molecule has 0 atom stereocenters. The predicted octanol–water partition coefficient (Wildman–Crippen LogP) is 2.66. The monoisotopic (exact) mass is 376 g/mol. The molecule has 0 aliphatic heterocycles. The van der Waals surface area contributed by atoms with Crippen molar-refractivity contribution in [3.05, 3.63) is 28.8 Å². The van der Waals surface area contributed by atoms with E-state index in [0.717, 1.165) is 19.4 Å². The minimum absolute atomic E-state index is 0.0210. The molecular formula is C18H21ClN4O3. The van der Waals surface area contributed by atoms with E-state index in [1.807, 2.05) is 11.0 Å². The molecule has 1 aromatic carbocycles. The summed E-state index contributed by atoms with van der Waals surface area (Å²) in [7, 11) is 0. The molecule has 0 saturated heterocycles. The SMILES string of the molecule is N#Cc1ccc(NC(=O)NC2CC(N(CC(=O)O)CC3CC3)C2)c(Cl)c1. The zero-order chi connectivity index (χ0) is 18.7. The summed E-state index contributed by atoms with van der Waals surface area (Å²) in [4.78, 5) is 25.2. The van der Waals surface area contributed by atoms with Crippen molar-refractivity contribution in [2.24, 2.45) is 5.92 Å². The number of carboxylic acids is 1. The lowest BCUT2D eigenvalue weighted by Gasteiger charge is -2.42. The minimum atomic E-state index is -0.810. The fourth-order valence-corrected chi connectivity index (χ4v) is 3.41. The van der Waals surface area contributed by atoms with E-state index in [0.29, 0.717) is 22.2 Å². The lowest BCUT2D eigenvalue weighted by atomic mass is 9.85. The van der Waals surface area contributed by atoms with Crippen LogP contribution in [-0.4, -0.2) is 47.2 Å². The molecule has 138 valence electrons. The van der Waals surface area contributed by atoms with Crippen molar-refractivity contribution in [1.82, 2.24) is 10.2 Å². The number of amides is 2. The van der Waals surface area contributed by atoms with Crippen LogP contribution in [0.3, 0.4) is 0 Å². The second-order valence-corrected chi connectivity index (χ2v) is 7.40. The molecular weight excluding hydrogens is 356 g/mol. The van der Waals surface area contributed by atoms with E-state index in [2.05, 4.69) is 10.6 Å². The number of halogens is 1. The van der Waals surface area contributed by atoms with Gasteiger partial charge in [-0.1, -0.05) is 11.6 Å². The number of hydrogen-bond donors (Lipinski definition) is 3. The number of hydrogen-bond acceptors (Lipinski definition) is 4. The first-order chi connectivity index (χ1) is 12.4. The third-order valence-electron chi connectivity index (χ3n) is 4.84. The topological polar surface area (TPSA) is 105 Å². The van der Waals surface area contributed by atoms with Crippen LogP contribution in [-0.2, 0) is 4.79 Å². The van der Waals surface area contributed by atoms with E-state index in [9.17, 15) is 9.59 Å². The Morgan fingerprint density at radius 1 is 1.35 bits per heavy atom. The average molecular weight is 377 g/mol. The van der Waals surface area contributed by atoms with Crippen LogP contribution in [0.5, 0.6) is 0 Å². The third kappa shape index (κ3) is 4.87. The molecule has 1 aromatic rings. The van der Waals surface area contributed by atoms with Gasteiger partial charge in [-0.2, -0.15) is 5.26 Å². The molecule has 0 radical (unpaired) electrons. The number of nitriles is 1. The summed E-state index contributed by atoms with van der Waals surface area (Å²) in [6.45, 7) is 0.887. The van der Waals surface area contributed by atoms with Gasteiger partial charge in [0.1, 0.15) is 0 Å². The van der Waals surface area contributed by atoms with Gasteiger partial charge in [0.2, 0.25) is 0 Å². The van der Waals surface area contributed by atoms with Crippen LogP contribution in [0.2, 0.25) is 5.02 Å². The van der Waals surface area contributed by atoms with Gasteiger partial charge in [0.25, 0.3) is 0 Å². The van der Waals surface area contributed by atoms with Crippen molar-refractivity contribution in [1.29, 1.82) is 5.26 Å². The Balaban J connectivity index is 1.46. The van der Waals surface area contributed by atoms with Crippen LogP contribution in [0.25, 0.3) is 0 Å². The van der Waals surface area contributed by atoms with E-state index < -0.39 is 5.97 Å². The third-order valence-corrected chi connectivity index (χ3v) is 5.15. The number of nitrogens with zero attached hydrogens (tertiary/aromatic N) is 2. The highest BCUT2D eigenvalue weighted by Crippen LogP contribution is 2.33. The number of nitrogens with one attached hydrogen (secondary N) is 2. The van der Waals surface area contributed by atoms with Crippen molar-refractivity contribution >= 4 is 29.3 Å². The van der Waals surface area contributed by atoms with Crippen molar-refractivity contribution in [3.63, 3.8) is 0 Å². The number of rotatable bonds is 7. The summed E-state index contributed by atoms with van der Waals surface area (Å²) in [5.41, 5.74) is 0.872. The van der Waals surface area contributed by atoms with Crippen LogP contribution in [0.15, 0.2) is 18.2 Å². The summed E-state index contributed by atoms with van der Waals surface area (Å²) < 4.78 is 0. The molecule has 26 heavy (non-hydrogen) atoms. The molecule has 8 heteroatoms. The van der Waals surface area contributed by atoms with Gasteiger partial charge >= 0.3 is 12.0 Å². The van der Waals surface area contributed by atoms with Gasteiger partial charge in [-0.25, -0.2) is 4.79 Å². The maximum Gasteiger partial charge on any atom is 0.319 e. The number of aliphatic carboxylic acids is 1. The molecule has 0 unspecified atom stereocenters. The van der Waals surface area contributed by atoms with Gasteiger partial charge in [0.15, 0.2) is 0 Å². The number of anilines is 1. The van der Waals surface area contributed by atoms with Crippen LogP contribution >= 0.6 is 11.6 Å². The largest absolute Gasteiger partial charge is 0.480 e. The molecule has 2 aliphatic carbocycles. The number of carboxylic acid groups (broad SMARTS) is 1. The molecule has 0 aromatic heterocycles. The second kappa shape index (κ2) is 7.94. The Labute approximate surface area is 156 Å². The predicted molar refractivity (Wildman–Crippen MR) is 97.1 cm³/mol. The van der Waals surface area contributed by atoms with Gasteiger partial charge in [-0.05, 0) is 49.8 Å². The van der Waals surface area contributed by atoms with Crippen molar-refractivity contribution in [3.8, 4) is 6.07 Å². The molecule has 3 N–H and O–H groups in total. The first-order valence-corrected chi connectivity index (χ1v) is 9.05. The quantitative estimate of drug-likeness (QED) is 0.678. The lowest BCUT2D eigenvalue weighted by Crippen LogP contribution is -2.55. The maximum atomic E-state index is 12.1. The van der Waals surface area contributed by atoms with Gasteiger partial charge < -0.3 is 15.7 Å². The smallest absolute Gasteiger partial charge is 0.319 e. The van der Waals surface area contributed by atoms with E-state index in [4.69, 9.17) is 22.0 Å². The summed E-state index contributed by atoms with van der Waals surface area (Å²) in [6.07, 6.45) is 3.85. The Morgan fingerprint density at radius 2 is 2.08 bits per heavy atom. The van der Waals surface area contributed by atoms with Gasteiger partial charge in [-0.3, -0.25) is 9.69 Å². The first-order valence-electron chi connectivity index (χ1n) is 8.67. The summed E-state index contributed by atoms with van der Waals surface area (Å²) in [5, 5.41) is 23.8. The van der Waals surface area contributed by atoms with Crippen molar-refractivity contribution < 1.29 is 14.7 Å². The van der Waals surface area contributed by atoms with Gasteiger partial charge in [0.05, 0.1) is 28.9 Å². The molecule has 0 heterocycles.